The van der Waals surface area contributed by atoms with E-state index in [-0.39, 0.29) is 19.5 Å². The Morgan fingerprint density at radius 3 is 2.49 bits per heavy atom. The fraction of sp³-hybridized carbons (Fsp3) is 0.391. The van der Waals surface area contributed by atoms with Gasteiger partial charge in [0, 0.05) is 25.2 Å². The van der Waals surface area contributed by atoms with Crippen molar-refractivity contribution in [3.05, 3.63) is 53.8 Å². The molecule has 0 radical (unpaired) electrons. The Bertz CT molecular complexity index is 1270. The lowest BCUT2D eigenvalue weighted by atomic mass is 10.1. The van der Waals surface area contributed by atoms with E-state index in [1.165, 1.54) is 35.2 Å². The molecule has 2 fully saturated rings. The molecule has 0 spiro atoms. The minimum absolute atomic E-state index is 0.00594. The van der Waals surface area contributed by atoms with Gasteiger partial charge in [0.2, 0.25) is 0 Å². The van der Waals surface area contributed by atoms with E-state index < -0.39 is 45.1 Å². The number of nitrogens with zero attached hydrogens (tertiary/aromatic N) is 2. The summed E-state index contributed by atoms with van der Waals surface area (Å²) in [7, 11) is -7.86. The lowest BCUT2D eigenvalue weighted by Crippen LogP contribution is -2.37. The molecular formula is C23H28FN4O9P2+. The largest absolute Gasteiger partial charge is 0.522 e. The van der Waals surface area contributed by atoms with Crippen molar-refractivity contribution in [1.82, 2.24) is 5.32 Å². The van der Waals surface area contributed by atoms with E-state index in [1.54, 1.807) is 12.1 Å². The zero-order valence-corrected chi connectivity index (χ0v) is 22.4. The van der Waals surface area contributed by atoms with Crippen LogP contribution in [0.25, 0.3) is 0 Å². The zero-order valence-electron chi connectivity index (χ0n) is 20.6. The summed E-state index contributed by atoms with van der Waals surface area (Å²) in [6, 6.07) is 9.83. The maximum Gasteiger partial charge on any atom is 0.522 e. The van der Waals surface area contributed by atoms with E-state index >= 15 is 0 Å². The highest BCUT2D eigenvalue weighted by molar-refractivity contribution is 7.65. The van der Waals surface area contributed by atoms with Gasteiger partial charge in [0.05, 0.1) is 37.7 Å². The first kappa shape index (κ1) is 28.9. The normalized spacial score (nSPS) is 18.9. The molecule has 2 aliphatic heterocycles. The Balaban J connectivity index is 1.27. The number of carbonyl (C=O) groups excluding carboxylic acids is 2. The third-order valence-corrected chi connectivity index (χ3v) is 9.38. The topological polar surface area (TPSA) is 178 Å². The van der Waals surface area contributed by atoms with Crippen LogP contribution in [0, 0.1) is 5.82 Å². The van der Waals surface area contributed by atoms with Gasteiger partial charge in [0.1, 0.15) is 11.9 Å². The maximum atomic E-state index is 14.8. The molecule has 0 aromatic heterocycles. The average Bonchev–Trinajstić information content (AvgIpc) is 3.27. The molecule has 13 nitrogen and oxygen atoms in total. The molecule has 2 unspecified atom stereocenters. The number of hydrogen-bond donors (Lipinski definition) is 5. The van der Waals surface area contributed by atoms with Gasteiger partial charge in [-0.1, -0.05) is 12.1 Å². The average molecular weight is 585 g/mol. The highest BCUT2D eigenvalue weighted by Crippen LogP contribution is 2.53. The Morgan fingerprint density at radius 2 is 1.87 bits per heavy atom. The molecular weight excluding hydrogens is 557 g/mol. The first-order valence-corrected chi connectivity index (χ1v) is 14.9. The molecule has 2 heterocycles. The highest BCUT2D eigenvalue weighted by atomic mass is 31.2. The van der Waals surface area contributed by atoms with Crippen molar-refractivity contribution < 1.29 is 47.3 Å². The Morgan fingerprint density at radius 1 is 1.18 bits per heavy atom. The van der Waals surface area contributed by atoms with E-state index in [0.717, 1.165) is 0 Å². The second-order valence-electron chi connectivity index (χ2n) is 8.96. The van der Waals surface area contributed by atoms with Crippen LogP contribution in [0.2, 0.25) is 0 Å². The van der Waals surface area contributed by atoms with Crippen molar-refractivity contribution in [3.8, 4) is 0 Å². The van der Waals surface area contributed by atoms with E-state index in [0.29, 0.717) is 48.9 Å². The molecule has 210 valence electrons. The summed E-state index contributed by atoms with van der Waals surface area (Å²) < 4.78 is 48.1. The van der Waals surface area contributed by atoms with Gasteiger partial charge in [0.15, 0.2) is 0 Å². The molecule has 2 aromatic rings. The maximum absolute atomic E-state index is 14.8. The number of hydrogen-bond acceptors (Lipinski definition) is 7. The minimum Gasteiger partial charge on any atom is -0.442 e. The third-order valence-electron chi connectivity index (χ3n) is 6.23. The van der Waals surface area contributed by atoms with Gasteiger partial charge in [-0.15, -0.1) is 0 Å². The van der Waals surface area contributed by atoms with Crippen LogP contribution in [0.3, 0.4) is 0 Å². The molecule has 2 aliphatic rings. The summed E-state index contributed by atoms with van der Waals surface area (Å²) >= 11 is 0. The number of urea groups is 1. The standard InChI is InChI=1S/C23H27FN4O9P2/c24-19-12-17(5-6-20(19)27-7-9-36-10-8-27)28-14-18(37-23(28)30)13-25-22(29)26-16-3-1-15(2-4-16)11-21(38(31)32)39(33,34)35/h1-6,12,18,21H,7-11,13-14H2,(H4-,25,26,29,31,32,33,34,35)/p+1/t18-,21?/m0/s1. The summed E-state index contributed by atoms with van der Waals surface area (Å²) in [6.07, 6.45) is -1.64. The van der Waals surface area contributed by atoms with E-state index in [2.05, 4.69) is 10.6 Å². The van der Waals surface area contributed by atoms with Gasteiger partial charge in [-0.25, -0.2) is 14.0 Å². The molecule has 4 rings (SSSR count). The van der Waals surface area contributed by atoms with Crippen LogP contribution < -0.4 is 20.4 Å². The Labute approximate surface area is 223 Å². The summed E-state index contributed by atoms with van der Waals surface area (Å²) in [5.74, 6) is -0.461. The number of morpholine rings is 1. The Hall–Kier alpha value is -3.12. The molecule has 0 aliphatic carbocycles. The van der Waals surface area contributed by atoms with Crippen molar-refractivity contribution in [1.29, 1.82) is 0 Å². The first-order valence-electron chi connectivity index (χ1n) is 12.0. The van der Waals surface area contributed by atoms with Crippen LogP contribution in [0.1, 0.15) is 5.56 Å². The third kappa shape index (κ3) is 7.51. The quantitative estimate of drug-likeness (QED) is 0.275. The van der Waals surface area contributed by atoms with Crippen molar-refractivity contribution in [2.24, 2.45) is 0 Å². The predicted octanol–water partition coefficient (Wildman–Crippen LogP) is 2.59. The molecule has 3 atom stereocenters. The van der Waals surface area contributed by atoms with Crippen molar-refractivity contribution in [2.75, 3.05) is 54.5 Å². The van der Waals surface area contributed by atoms with Crippen molar-refractivity contribution >= 4 is 44.8 Å². The van der Waals surface area contributed by atoms with Crippen molar-refractivity contribution in [3.63, 3.8) is 0 Å². The number of ether oxygens (including phenoxy) is 2. The van der Waals surface area contributed by atoms with Crippen LogP contribution in [0.4, 0.5) is 31.0 Å². The number of nitrogens with one attached hydrogen (secondary N) is 2. The van der Waals surface area contributed by atoms with Crippen LogP contribution in [0.5, 0.6) is 0 Å². The SMILES string of the molecule is O=C(NC[C@H]1CN(c2ccc(N3CCOCC3)c(F)c2)C(=O)O1)Nc1ccc(CC([P+](=O)O)P(=O)(O)O)cc1. The van der Waals surface area contributed by atoms with Gasteiger partial charge < -0.3 is 34.8 Å². The molecule has 3 amide bonds. The van der Waals surface area contributed by atoms with Crippen molar-refractivity contribution in [2.45, 2.75) is 17.9 Å². The van der Waals surface area contributed by atoms with Crippen LogP contribution in [-0.2, 0) is 25.0 Å². The molecule has 39 heavy (non-hydrogen) atoms. The molecule has 5 N–H and O–H groups in total. The molecule has 2 saturated heterocycles. The predicted molar refractivity (Wildman–Crippen MR) is 140 cm³/mol. The zero-order chi connectivity index (χ0) is 28.2. The summed E-state index contributed by atoms with van der Waals surface area (Å²) in [5.41, 5.74) is 1.54. The minimum atomic E-state index is -4.77. The Kier molecular flexibility index (Phi) is 9.16. The van der Waals surface area contributed by atoms with E-state index in [9.17, 15) is 37.8 Å². The van der Waals surface area contributed by atoms with Gasteiger partial charge in [-0.2, -0.15) is 4.89 Å². The fourth-order valence-electron chi connectivity index (χ4n) is 4.21. The van der Waals surface area contributed by atoms with Crippen LogP contribution >= 0.6 is 15.6 Å². The van der Waals surface area contributed by atoms with E-state index in [4.69, 9.17) is 9.47 Å². The summed E-state index contributed by atoms with van der Waals surface area (Å²) in [4.78, 5) is 55.5. The smallest absolute Gasteiger partial charge is 0.442 e. The summed E-state index contributed by atoms with van der Waals surface area (Å²) in [6.45, 7) is 2.28. The monoisotopic (exact) mass is 585 g/mol. The second kappa shape index (κ2) is 12.4. The molecule has 2 aromatic carbocycles. The molecule has 16 heteroatoms. The lowest BCUT2D eigenvalue weighted by molar-refractivity contribution is 0.122. The number of cyclic esters (lactones) is 1. The van der Waals surface area contributed by atoms with Gasteiger partial charge in [0.25, 0.3) is 5.40 Å². The fourth-order valence-corrected chi connectivity index (χ4v) is 6.05. The first-order chi connectivity index (χ1) is 18.5. The number of amides is 3. The number of halogens is 1. The molecule has 0 saturated carbocycles. The second-order valence-corrected chi connectivity index (χ2v) is 12.4. The summed E-state index contributed by atoms with van der Waals surface area (Å²) in [5, 5.41) is 3.44. The number of anilines is 3. The number of rotatable bonds is 9. The van der Waals surface area contributed by atoms with Gasteiger partial charge in [-0.05, 0) is 40.5 Å². The lowest BCUT2D eigenvalue weighted by Gasteiger charge is -2.29. The van der Waals surface area contributed by atoms with Gasteiger partial charge >= 0.3 is 27.7 Å². The van der Waals surface area contributed by atoms with Crippen LogP contribution in [0.15, 0.2) is 42.5 Å². The number of carbonyl (C=O) groups is 2. The van der Waals surface area contributed by atoms with E-state index in [1.807, 2.05) is 4.90 Å². The van der Waals surface area contributed by atoms with Crippen LogP contribution in [-0.4, -0.2) is 77.7 Å². The number of benzene rings is 2. The highest BCUT2D eigenvalue weighted by Gasteiger charge is 2.45. The van der Waals surface area contributed by atoms with Gasteiger partial charge in [-0.3, -0.25) is 9.46 Å². The molecule has 0 bridgehead atoms.